The molecule has 1 aromatic rings. The summed E-state index contributed by atoms with van der Waals surface area (Å²) in [5.41, 5.74) is 1.21. The minimum absolute atomic E-state index is 0. The lowest BCUT2D eigenvalue weighted by Crippen LogP contribution is -2.47. The number of ether oxygens (including phenoxy) is 1. The molecule has 2 fully saturated rings. The van der Waals surface area contributed by atoms with E-state index in [1.54, 1.807) is 7.11 Å². The third-order valence-electron chi connectivity index (χ3n) is 5.43. The Kier molecular flexibility index (Phi) is 8.31. The number of hydrogen-bond acceptors (Lipinski definition) is 3. The Labute approximate surface area is 175 Å². The van der Waals surface area contributed by atoms with Crippen LogP contribution >= 0.6 is 24.0 Å². The molecule has 146 valence electrons. The molecule has 2 aliphatic rings. The van der Waals surface area contributed by atoms with Crippen LogP contribution in [0.1, 0.15) is 26.2 Å². The van der Waals surface area contributed by atoms with Gasteiger partial charge in [0.1, 0.15) is 5.75 Å². The second-order valence-corrected chi connectivity index (χ2v) is 7.39. The van der Waals surface area contributed by atoms with Crippen molar-refractivity contribution < 1.29 is 4.74 Å². The number of nitrogens with one attached hydrogen (secondary N) is 1. The molecule has 3 rings (SSSR count). The first-order chi connectivity index (χ1) is 12.2. The first kappa shape index (κ1) is 21.1. The zero-order chi connectivity index (χ0) is 17.6. The first-order valence-electron chi connectivity index (χ1n) is 9.54. The summed E-state index contributed by atoms with van der Waals surface area (Å²) in [4.78, 5) is 9.37. The summed E-state index contributed by atoms with van der Waals surface area (Å²) in [5.74, 6) is 3.44. The Morgan fingerprint density at radius 2 is 2.04 bits per heavy atom. The van der Waals surface area contributed by atoms with E-state index >= 15 is 0 Å². The number of rotatable bonds is 4. The van der Waals surface area contributed by atoms with Crippen LogP contribution in [-0.4, -0.2) is 57.7 Å². The summed E-state index contributed by atoms with van der Waals surface area (Å²) in [6, 6.07) is 8.31. The fourth-order valence-electron chi connectivity index (χ4n) is 4.06. The van der Waals surface area contributed by atoms with E-state index in [1.165, 1.54) is 24.9 Å². The highest BCUT2D eigenvalue weighted by atomic mass is 127. The maximum absolute atomic E-state index is 5.51. The summed E-state index contributed by atoms with van der Waals surface area (Å²) in [6.45, 7) is 7.73. The average Bonchev–Trinajstić information content (AvgIpc) is 3.11. The van der Waals surface area contributed by atoms with E-state index in [-0.39, 0.29) is 24.0 Å². The van der Waals surface area contributed by atoms with Gasteiger partial charge in [-0.1, -0.05) is 19.1 Å². The molecule has 6 heteroatoms. The highest BCUT2D eigenvalue weighted by Crippen LogP contribution is 2.31. The van der Waals surface area contributed by atoms with Crippen LogP contribution in [0.25, 0.3) is 0 Å². The molecular formula is C20H33IN4O. The summed E-state index contributed by atoms with van der Waals surface area (Å²) < 4.78 is 5.51. The second kappa shape index (κ2) is 10.2. The van der Waals surface area contributed by atoms with Gasteiger partial charge in [-0.2, -0.15) is 0 Å². The largest absolute Gasteiger partial charge is 0.495 e. The quantitative estimate of drug-likeness (QED) is 0.414. The normalized spacial score (nSPS) is 23.6. The van der Waals surface area contributed by atoms with Gasteiger partial charge < -0.3 is 19.9 Å². The molecule has 0 radical (unpaired) electrons. The van der Waals surface area contributed by atoms with Crippen molar-refractivity contribution in [3.8, 4) is 5.75 Å². The summed E-state index contributed by atoms with van der Waals surface area (Å²) in [5, 5.41) is 3.62. The molecular weight excluding hydrogens is 439 g/mol. The van der Waals surface area contributed by atoms with Crippen molar-refractivity contribution in [2.24, 2.45) is 16.8 Å². The van der Waals surface area contributed by atoms with Crippen LogP contribution in [0.4, 0.5) is 5.69 Å². The Hall–Kier alpha value is -1.18. The number of anilines is 1. The number of guanidine groups is 1. The molecule has 2 atom stereocenters. The number of piperidine rings is 1. The van der Waals surface area contributed by atoms with Gasteiger partial charge in [-0.05, 0) is 43.2 Å². The van der Waals surface area contributed by atoms with E-state index in [2.05, 4.69) is 39.2 Å². The molecule has 1 N–H and O–H groups in total. The van der Waals surface area contributed by atoms with Crippen molar-refractivity contribution in [2.45, 2.75) is 26.2 Å². The monoisotopic (exact) mass is 472 g/mol. The molecule has 2 aliphatic heterocycles. The summed E-state index contributed by atoms with van der Waals surface area (Å²) in [6.07, 6.45) is 3.81. The van der Waals surface area contributed by atoms with Crippen molar-refractivity contribution in [3.05, 3.63) is 24.3 Å². The van der Waals surface area contributed by atoms with Gasteiger partial charge in [-0.3, -0.25) is 4.99 Å². The third kappa shape index (κ3) is 5.18. The lowest BCUT2D eigenvalue weighted by Gasteiger charge is -2.34. The van der Waals surface area contributed by atoms with Crippen molar-refractivity contribution in [2.75, 3.05) is 51.8 Å². The van der Waals surface area contributed by atoms with Crippen LogP contribution in [0.5, 0.6) is 5.75 Å². The Morgan fingerprint density at radius 3 is 2.77 bits per heavy atom. The van der Waals surface area contributed by atoms with Crippen LogP contribution in [0.15, 0.2) is 29.3 Å². The molecule has 0 bridgehead atoms. The van der Waals surface area contributed by atoms with Crippen LogP contribution < -0.4 is 15.0 Å². The number of halogens is 1. The van der Waals surface area contributed by atoms with Crippen LogP contribution in [-0.2, 0) is 0 Å². The molecule has 0 spiro atoms. The number of nitrogens with zero attached hydrogens (tertiary/aromatic N) is 3. The van der Waals surface area contributed by atoms with Gasteiger partial charge in [0.2, 0.25) is 0 Å². The molecule has 0 aliphatic carbocycles. The van der Waals surface area contributed by atoms with Gasteiger partial charge in [0, 0.05) is 39.8 Å². The van der Waals surface area contributed by atoms with Gasteiger partial charge in [-0.15, -0.1) is 24.0 Å². The second-order valence-electron chi connectivity index (χ2n) is 7.39. The highest BCUT2D eigenvalue weighted by molar-refractivity contribution is 14.0. The van der Waals surface area contributed by atoms with E-state index in [0.29, 0.717) is 5.92 Å². The summed E-state index contributed by atoms with van der Waals surface area (Å²) in [7, 11) is 3.65. The van der Waals surface area contributed by atoms with Crippen molar-refractivity contribution in [1.82, 2.24) is 10.2 Å². The minimum atomic E-state index is 0. The molecule has 2 saturated heterocycles. The molecule has 1 aromatic carbocycles. The predicted octanol–water partition coefficient (Wildman–Crippen LogP) is 3.45. The van der Waals surface area contributed by atoms with E-state index in [4.69, 9.17) is 4.74 Å². The lowest BCUT2D eigenvalue weighted by atomic mass is 10.0. The van der Waals surface area contributed by atoms with Crippen LogP contribution in [0.2, 0.25) is 0 Å². The SMILES string of the molecule is CN=C(NCC1CCN(c2ccccc2OC)C1)N1CCCC(C)C1.I. The smallest absolute Gasteiger partial charge is 0.193 e. The maximum atomic E-state index is 5.51. The number of methoxy groups -OCH3 is 1. The fraction of sp³-hybridized carbons (Fsp3) is 0.650. The van der Waals surface area contributed by atoms with Crippen LogP contribution in [0, 0.1) is 11.8 Å². The van der Waals surface area contributed by atoms with Crippen LogP contribution in [0.3, 0.4) is 0 Å². The number of hydrogen-bond donors (Lipinski definition) is 1. The molecule has 0 amide bonds. The predicted molar refractivity (Wildman–Crippen MR) is 120 cm³/mol. The Balaban J connectivity index is 0.00000243. The van der Waals surface area contributed by atoms with E-state index in [1.807, 2.05) is 19.2 Å². The molecule has 2 heterocycles. The van der Waals surface area contributed by atoms with E-state index in [9.17, 15) is 0 Å². The zero-order valence-corrected chi connectivity index (χ0v) is 18.6. The van der Waals surface area contributed by atoms with Gasteiger partial charge in [0.25, 0.3) is 0 Å². The van der Waals surface area contributed by atoms with E-state index < -0.39 is 0 Å². The molecule has 5 nitrogen and oxygen atoms in total. The number of para-hydroxylation sites is 2. The number of likely N-dealkylation sites (tertiary alicyclic amines) is 1. The molecule has 0 aromatic heterocycles. The summed E-state index contributed by atoms with van der Waals surface area (Å²) >= 11 is 0. The van der Waals surface area contributed by atoms with Crippen molar-refractivity contribution >= 4 is 35.6 Å². The lowest BCUT2D eigenvalue weighted by molar-refractivity contribution is 0.265. The molecule has 0 saturated carbocycles. The Morgan fingerprint density at radius 1 is 1.23 bits per heavy atom. The Bertz CT molecular complexity index is 595. The standard InChI is InChI=1S/C20H32N4O.HI/c1-16-7-6-11-24(14-16)20(21-2)22-13-17-10-12-23(15-17)18-8-4-5-9-19(18)25-3;/h4-5,8-9,16-17H,6-7,10-15H2,1-3H3,(H,21,22);1H. The highest BCUT2D eigenvalue weighted by Gasteiger charge is 2.26. The number of aliphatic imine (C=N–C) groups is 1. The zero-order valence-electron chi connectivity index (χ0n) is 16.3. The van der Waals surface area contributed by atoms with Gasteiger partial charge >= 0.3 is 0 Å². The number of benzene rings is 1. The fourth-order valence-corrected chi connectivity index (χ4v) is 4.06. The minimum Gasteiger partial charge on any atom is -0.495 e. The van der Waals surface area contributed by atoms with E-state index in [0.717, 1.165) is 50.4 Å². The average molecular weight is 472 g/mol. The first-order valence-corrected chi connectivity index (χ1v) is 9.54. The molecule has 26 heavy (non-hydrogen) atoms. The third-order valence-corrected chi connectivity index (χ3v) is 5.43. The molecule has 2 unspecified atom stereocenters. The maximum Gasteiger partial charge on any atom is 0.193 e. The van der Waals surface area contributed by atoms with Crippen molar-refractivity contribution in [3.63, 3.8) is 0 Å². The van der Waals surface area contributed by atoms with Gasteiger partial charge in [0.05, 0.1) is 12.8 Å². The topological polar surface area (TPSA) is 40.1 Å². The van der Waals surface area contributed by atoms with Crippen molar-refractivity contribution in [1.29, 1.82) is 0 Å². The van der Waals surface area contributed by atoms with Gasteiger partial charge in [-0.25, -0.2) is 0 Å². The van der Waals surface area contributed by atoms with Gasteiger partial charge in [0.15, 0.2) is 5.96 Å².